The van der Waals surface area contributed by atoms with Gasteiger partial charge in [-0.25, -0.2) is 0 Å². The highest BCUT2D eigenvalue weighted by molar-refractivity contribution is 5.82. The molecular weight excluding hydrogens is 863 g/mol. The van der Waals surface area contributed by atoms with Gasteiger partial charge in [0.1, 0.15) is 72.5 Å². The summed E-state index contributed by atoms with van der Waals surface area (Å²) in [6, 6.07) is -1.15. The fourth-order valence-electron chi connectivity index (χ4n) is 15.4. The molecule has 9 N–H and O–H groups in total. The van der Waals surface area contributed by atoms with E-state index in [-0.39, 0.29) is 64.7 Å². The summed E-state index contributed by atoms with van der Waals surface area (Å²) in [5.74, 6) is -0.317. The van der Waals surface area contributed by atoms with Crippen LogP contribution in [0.3, 0.4) is 0 Å². The van der Waals surface area contributed by atoms with E-state index in [9.17, 15) is 50.4 Å². The van der Waals surface area contributed by atoms with Crippen LogP contribution >= 0.6 is 0 Å². The van der Waals surface area contributed by atoms with Gasteiger partial charge in [0.2, 0.25) is 5.91 Å². The molecule has 23 atom stereocenters. The Morgan fingerprint density at radius 1 is 0.773 bits per heavy atom. The summed E-state index contributed by atoms with van der Waals surface area (Å²) in [7, 11) is 0. The highest BCUT2D eigenvalue weighted by Gasteiger charge is 2.74. The Balaban J connectivity index is 0.925. The molecule has 4 aliphatic heterocycles. The third-order valence-electron chi connectivity index (χ3n) is 19.4. The van der Waals surface area contributed by atoms with Crippen LogP contribution in [0.5, 0.6) is 0 Å². The Labute approximate surface area is 386 Å². The summed E-state index contributed by atoms with van der Waals surface area (Å²) < 4.78 is 42.1. The number of ether oxygens (including phenoxy) is 7. The molecule has 1 spiro atoms. The monoisotopic (exact) mass is 938 g/mol. The second-order valence-corrected chi connectivity index (χ2v) is 23.6. The zero-order valence-corrected chi connectivity index (χ0v) is 39.6. The molecule has 0 aromatic rings. The third kappa shape index (κ3) is 7.31. The summed E-state index contributed by atoms with van der Waals surface area (Å²) in [5.41, 5.74) is -0.823. The van der Waals surface area contributed by atoms with Crippen molar-refractivity contribution in [1.82, 2.24) is 5.32 Å². The maximum absolute atomic E-state index is 13.7. The lowest BCUT2D eigenvalue weighted by molar-refractivity contribution is -0.352. The van der Waals surface area contributed by atoms with Gasteiger partial charge in [-0.15, -0.1) is 0 Å². The number of amides is 1. The van der Waals surface area contributed by atoms with E-state index >= 15 is 0 Å². The zero-order valence-electron chi connectivity index (χ0n) is 39.6. The van der Waals surface area contributed by atoms with Crippen LogP contribution in [0.2, 0.25) is 0 Å². The van der Waals surface area contributed by atoms with Crippen LogP contribution in [-0.2, 0) is 42.7 Å². The molecule has 4 heterocycles. The SMILES string of the molecule is CC(=O)N[C@H]1[C@H](O[C@H]2CC[C@@]3(C)C(CC[C@]4(C)C3CC=C3[C@@H]5CC(C)(C)[C@@H]6C[C@]5(C(=O)O6)[C@H](O)C[C@]34C)C2(C)C)O[C@H](CO[C@@H]2OC[C@H](O)[C@H](O)[C@H]2O[C@H]2OC[C@H](O)[C@H](O)[C@H]2O)[C@@H](O)[C@@H]1O. The van der Waals surface area contributed by atoms with Crippen LogP contribution in [0.25, 0.3) is 0 Å². The quantitative estimate of drug-likeness (QED) is 0.0914. The molecule has 2 unspecified atom stereocenters. The number of aliphatic hydroxyl groups excluding tert-OH is 8. The first-order valence-electron chi connectivity index (χ1n) is 24.3. The Morgan fingerprint density at radius 2 is 1.45 bits per heavy atom. The minimum atomic E-state index is -1.71. The molecule has 0 aromatic heterocycles. The van der Waals surface area contributed by atoms with E-state index in [0.717, 1.165) is 32.1 Å². The van der Waals surface area contributed by atoms with E-state index in [2.05, 4.69) is 59.9 Å². The smallest absolute Gasteiger partial charge is 0.315 e. The van der Waals surface area contributed by atoms with Crippen molar-refractivity contribution < 1.29 is 83.6 Å². The average molecular weight is 938 g/mol. The molecule has 4 saturated heterocycles. The molecule has 0 aromatic carbocycles. The van der Waals surface area contributed by atoms with E-state index < -0.39 is 115 Å². The molecule has 66 heavy (non-hydrogen) atoms. The molecule has 9 rings (SSSR count). The number of allylic oxidation sites excluding steroid dienone is 2. The van der Waals surface area contributed by atoms with Gasteiger partial charge in [0.15, 0.2) is 18.9 Å². The number of aliphatic hydroxyl groups is 8. The topological polar surface area (TPSA) is 273 Å². The number of carbonyl (C=O) groups excluding carboxylic acids is 2. The third-order valence-corrected chi connectivity index (χ3v) is 19.4. The minimum Gasteiger partial charge on any atom is -0.461 e. The highest BCUT2D eigenvalue weighted by Crippen LogP contribution is 2.76. The summed E-state index contributed by atoms with van der Waals surface area (Å²) in [6.07, 6.45) is -10.7. The molecule has 9 aliphatic rings. The standard InChI is InChI=1S/C48H75NO17/c1-21(50)49-32-36(57)35(56)26(20-62-41-38(34(55)25(52)19-61-41)66-40-37(58)33(54)24(51)18-60-40)63-39(32)64-30-12-13-45(6)27(44(30,4)5)11-14-46(7)28(45)10-9-22-23-15-43(2,3)31-17-48(23,42(59)65-31)29(53)16-47(22,46)8/h9,23-41,51-58H,10-20H2,1-8H3,(H,49,50)/t23-,24-,25-,26+,27?,28?,29+,30-,31-,32+,33-,34-,35+,36+,37+,38+,39-,40+,41-,45-,46+,47+,48+/m0/s1. The number of carbonyl (C=O) groups is 2. The van der Waals surface area contributed by atoms with Gasteiger partial charge >= 0.3 is 5.97 Å². The van der Waals surface area contributed by atoms with Crippen molar-refractivity contribution in [1.29, 1.82) is 0 Å². The van der Waals surface area contributed by atoms with Crippen LogP contribution < -0.4 is 5.32 Å². The van der Waals surface area contributed by atoms with Gasteiger partial charge in [-0.2, -0.15) is 0 Å². The molecule has 18 nitrogen and oxygen atoms in total. The van der Waals surface area contributed by atoms with E-state index in [1.54, 1.807) is 0 Å². The normalized spacial score (nSPS) is 53.8. The maximum atomic E-state index is 13.7. The van der Waals surface area contributed by atoms with Crippen molar-refractivity contribution >= 4 is 11.9 Å². The van der Waals surface area contributed by atoms with Crippen molar-refractivity contribution in [2.24, 2.45) is 50.2 Å². The Kier molecular flexibility index (Phi) is 12.6. The molecule has 2 bridgehead atoms. The average Bonchev–Trinajstić information content (AvgIpc) is 3.57. The fraction of sp³-hybridized carbons (Fsp3) is 0.917. The minimum absolute atomic E-state index is 0.0769. The molecular formula is C48H75NO17. The number of hydrogen-bond donors (Lipinski definition) is 9. The maximum Gasteiger partial charge on any atom is 0.315 e. The predicted octanol–water partition coefficient (Wildman–Crippen LogP) is 0.550. The van der Waals surface area contributed by atoms with E-state index in [1.807, 2.05) is 0 Å². The van der Waals surface area contributed by atoms with Crippen LogP contribution in [0.1, 0.15) is 107 Å². The predicted molar refractivity (Wildman–Crippen MR) is 229 cm³/mol. The summed E-state index contributed by atoms with van der Waals surface area (Å²) >= 11 is 0. The van der Waals surface area contributed by atoms with Gasteiger partial charge in [0, 0.05) is 18.8 Å². The van der Waals surface area contributed by atoms with E-state index in [0.29, 0.717) is 19.3 Å². The summed E-state index contributed by atoms with van der Waals surface area (Å²) in [4.78, 5) is 26.3. The first-order valence-corrected chi connectivity index (χ1v) is 24.3. The van der Waals surface area contributed by atoms with Gasteiger partial charge in [0.05, 0.1) is 32.0 Å². The van der Waals surface area contributed by atoms with Crippen molar-refractivity contribution in [2.45, 2.75) is 205 Å². The molecule has 374 valence electrons. The molecule has 1 amide bonds. The Morgan fingerprint density at radius 3 is 2.15 bits per heavy atom. The molecule has 4 saturated carbocycles. The lowest BCUT2D eigenvalue weighted by Crippen LogP contribution is -2.68. The lowest BCUT2D eigenvalue weighted by Gasteiger charge is -2.71. The molecule has 18 heteroatoms. The number of fused-ring (bicyclic) bond motifs is 7. The van der Waals surface area contributed by atoms with Crippen molar-refractivity contribution in [3.63, 3.8) is 0 Å². The molecule has 5 aliphatic carbocycles. The van der Waals surface area contributed by atoms with E-state index in [4.69, 9.17) is 33.2 Å². The second-order valence-electron chi connectivity index (χ2n) is 23.6. The number of esters is 1. The van der Waals surface area contributed by atoms with Gasteiger partial charge < -0.3 is 79.3 Å². The number of nitrogens with one attached hydrogen (secondary N) is 1. The van der Waals surface area contributed by atoms with E-state index in [1.165, 1.54) is 12.5 Å². The first kappa shape index (κ1) is 49.1. The van der Waals surface area contributed by atoms with Crippen molar-refractivity contribution in [3.8, 4) is 0 Å². The number of rotatable bonds is 8. The largest absolute Gasteiger partial charge is 0.461 e. The van der Waals surface area contributed by atoms with Gasteiger partial charge in [-0.1, -0.05) is 60.1 Å². The molecule has 0 radical (unpaired) electrons. The summed E-state index contributed by atoms with van der Waals surface area (Å²) in [5, 5.41) is 89.8. The van der Waals surface area contributed by atoms with Crippen LogP contribution in [0, 0.1) is 50.2 Å². The highest BCUT2D eigenvalue weighted by atomic mass is 16.8. The van der Waals surface area contributed by atoms with Gasteiger partial charge in [-0.05, 0) is 84.4 Å². The lowest BCUT2D eigenvalue weighted by atomic mass is 9.33. The van der Waals surface area contributed by atoms with Crippen LogP contribution in [-0.4, -0.2) is 171 Å². The summed E-state index contributed by atoms with van der Waals surface area (Å²) in [6.45, 7) is 16.1. The van der Waals surface area contributed by atoms with Crippen molar-refractivity contribution in [2.75, 3.05) is 19.8 Å². The van der Waals surface area contributed by atoms with Gasteiger partial charge in [0.25, 0.3) is 0 Å². The van der Waals surface area contributed by atoms with Crippen LogP contribution in [0.15, 0.2) is 11.6 Å². The zero-order chi connectivity index (χ0) is 47.8. The van der Waals surface area contributed by atoms with Crippen molar-refractivity contribution in [3.05, 3.63) is 11.6 Å². The first-order chi connectivity index (χ1) is 30.8. The Bertz CT molecular complexity index is 1900. The molecule has 8 fully saturated rings. The number of hydrogen-bond acceptors (Lipinski definition) is 17. The second kappa shape index (κ2) is 16.9. The Hall–Kier alpha value is -1.88. The van der Waals surface area contributed by atoms with Crippen LogP contribution in [0.4, 0.5) is 0 Å². The fourth-order valence-corrected chi connectivity index (χ4v) is 15.4. The van der Waals surface area contributed by atoms with Gasteiger partial charge in [-0.3, -0.25) is 9.59 Å².